The smallest absolute Gasteiger partial charge is 0.387 e. The second-order valence-corrected chi connectivity index (χ2v) is 9.03. The first-order chi connectivity index (χ1) is 7.41. The molecule has 1 saturated carbocycles. The van der Waals surface area contributed by atoms with Crippen molar-refractivity contribution >= 4 is 8.84 Å². The zero-order valence-corrected chi connectivity index (χ0v) is 11.7. The highest BCUT2D eigenvalue weighted by Crippen LogP contribution is 2.48. The minimum absolute atomic E-state index is 0.0679. The largest absolute Gasteiger partial charge is 0.397 e. The van der Waals surface area contributed by atoms with Crippen molar-refractivity contribution in [3.63, 3.8) is 0 Å². The van der Waals surface area contributed by atoms with Gasteiger partial charge in [-0.25, -0.2) is 0 Å². The SMILES string of the molecule is CC(C)(C)[Si](=O)NC1CC2(CCNCC2)C1. The lowest BCUT2D eigenvalue weighted by Crippen LogP contribution is -2.55. The minimum Gasteiger partial charge on any atom is -0.387 e. The Hall–Kier alpha value is -0.223. The Balaban J connectivity index is 1.78. The summed E-state index contributed by atoms with van der Waals surface area (Å²) in [6.45, 7) is 8.50. The molecular weight excluding hydrogens is 216 g/mol. The van der Waals surface area contributed by atoms with E-state index in [-0.39, 0.29) is 5.04 Å². The lowest BCUT2D eigenvalue weighted by Gasteiger charge is -2.51. The third-order valence-corrected chi connectivity index (χ3v) is 6.07. The van der Waals surface area contributed by atoms with E-state index in [2.05, 4.69) is 31.1 Å². The van der Waals surface area contributed by atoms with Gasteiger partial charge in [-0.2, -0.15) is 0 Å². The van der Waals surface area contributed by atoms with E-state index in [9.17, 15) is 4.46 Å². The van der Waals surface area contributed by atoms with Crippen molar-refractivity contribution in [2.75, 3.05) is 13.1 Å². The van der Waals surface area contributed by atoms with Gasteiger partial charge < -0.3 is 14.8 Å². The van der Waals surface area contributed by atoms with Crippen LogP contribution in [-0.2, 0) is 4.46 Å². The van der Waals surface area contributed by atoms with Crippen molar-refractivity contribution in [1.29, 1.82) is 0 Å². The van der Waals surface area contributed by atoms with Gasteiger partial charge in [-0.1, -0.05) is 20.8 Å². The number of piperidine rings is 1. The summed E-state index contributed by atoms with van der Waals surface area (Å²) in [6.07, 6.45) is 5.09. The number of nitrogens with one attached hydrogen (secondary N) is 2. The van der Waals surface area contributed by atoms with Crippen molar-refractivity contribution in [2.24, 2.45) is 5.41 Å². The molecule has 2 fully saturated rings. The van der Waals surface area contributed by atoms with E-state index in [1.165, 1.54) is 38.8 Å². The molecular formula is C12H24N2OSi. The Morgan fingerprint density at radius 3 is 2.31 bits per heavy atom. The Bertz CT molecular complexity index is 271. The maximum Gasteiger partial charge on any atom is 0.397 e. The van der Waals surface area contributed by atoms with E-state index in [1.807, 2.05) is 0 Å². The Morgan fingerprint density at radius 2 is 1.81 bits per heavy atom. The maximum atomic E-state index is 12.0. The van der Waals surface area contributed by atoms with E-state index in [1.54, 1.807) is 0 Å². The molecule has 0 atom stereocenters. The second-order valence-electron chi connectivity index (χ2n) is 6.58. The molecule has 2 N–H and O–H groups in total. The van der Waals surface area contributed by atoms with Gasteiger partial charge in [-0.15, -0.1) is 0 Å². The van der Waals surface area contributed by atoms with Crippen molar-refractivity contribution in [2.45, 2.75) is 57.5 Å². The Labute approximate surface area is 100 Å². The lowest BCUT2D eigenvalue weighted by atomic mass is 9.61. The minimum atomic E-state index is -1.64. The van der Waals surface area contributed by atoms with Crippen molar-refractivity contribution in [3.05, 3.63) is 0 Å². The first-order valence-corrected chi connectivity index (χ1v) is 7.84. The van der Waals surface area contributed by atoms with Crippen molar-refractivity contribution in [1.82, 2.24) is 10.3 Å². The van der Waals surface area contributed by atoms with Crippen LogP contribution in [0.25, 0.3) is 0 Å². The fraction of sp³-hybridized carbons (Fsp3) is 1.00. The predicted octanol–water partition coefficient (Wildman–Crippen LogP) is 1.83. The molecule has 0 aromatic carbocycles. The molecule has 1 heterocycles. The highest BCUT2D eigenvalue weighted by atomic mass is 28.3. The van der Waals surface area contributed by atoms with Crippen molar-refractivity contribution < 1.29 is 4.46 Å². The van der Waals surface area contributed by atoms with Crippen LogP contribution in [0.1, 0.15) is 46.5 Å². The van der Waals surface area contributed by atoms with Crippen LogP contribution in [0, 0.1) is 5.41 Å². The van der Waals surface area contributed by atoms with Gasteiger partial charge in [0.25, 0.3) is 0 Å². The molecule has 0 bridgehead atoms. The molecule has 4 heteroatoms. The summed E-state index contributed by atoms with van der Waals surface area (Å²) in [4.78, 5) is 3.35. The van der Waals surface area contributed by atoms with Gasteiger partial charge in [0.1, 0.15) is 0 Å². The van der Waals surface area contributed by atoms with E-state index in [0.29, 0.717) is 11.5 Å². The van der Waals surface area contributed by atoms with E-state index in [0.717, 1.165) is 0 Å². The third kappa shape index (κ3) is 2.54. The van der Waals surface area contributed by atoms with Crippen LogP contribution in [0.2, 0.25) is 5.04 Å². The Morgan fingerprint density at radius 1 is 1.25 bits per heavy atom. The molecule has 0 aromatic heterocycles. The third-order valence-electron chi connectivity index (χ3n) is 4.04. The average Bonchev–Trinajstić information content (AvgIpc) is 2.15. The van der Waals surface area contributed by atoms with Gasteiger partial charge >= 0.3 is 8.84 Å². The first-order valence-electron chi connectivity index (χ1n) is 6.43. The topological polar surface area (TPSA) is 41.1 Å². The zero-order chi connectivity index (χ0) is 11.8. The molecule has 0 unspecified atom stereocenters. The molecule has 0 radical (unpaired) electrons. The summed E-state index contributed by atoms with van der Waals surface area (Å²) >= 11 is 0. The van der Waals surface area contributed by atoms with Crippen LogP contribution in [0.15, 0.2) is 0 Å². The quantitative estimate of drug-likeness (QED) is 0.724. The molecule has 1 aliphatic carbocycles. The molecule has 0 aromatic rings. The molecule has 16 heavy (non-hydrogen) atoms. The van der Waals surface area contributed by atoms with Gasteiger partial charge in [0, 0.05) is 11.1 Å². The summed E-state index contributed by atoms with van der Waals surface area (Å²) < 4.78 is 12.0. The molecule has 92 valence electrons. The van der Waals surface area contributed by atoms with Crippen LogP contribution in [0.4, 0.5) is 0 Å². The van der Waals surface area contributed by atoms with Gasteiger partial charge in [0.15, 0.2) is 0 Å². The molecule has 1 spiro atoms. The van der Waals surface area contributed by atoms with Crippen LogP contribution >= 0.6 is 0 Å². The highest BCUT2D eigenvalue weighted by Gasteiger charge is 2.45. The van der Waals surface area contributed by atoms with Crippen molar-refractivity contribution in [3.8, 4) is 0 Å². The molecule has 2 rings (SSSR count). The molecule has 1 aliphatic heterocycles. The number of rotatable bonds is 2. The standard InChI is InChI=1S/C12H24N2OSi/c1-11(2,3)16(15)14-10-8-12(9-10)4-6-13-7-5-12/h10,13-14H,4-9H2,1-3H3. The molecule has 1 saturated heterocycles. The fourth-order valence-corrected chi connectivity index (χ4v) is 3.86. The van der Waals surface area contributed by atoms with E-state index >= 15 is 0 Å². The summed E-state index contributed by atoms with van der Waals surface area (Å²) in [6, 6.07) is 0.517. The van der Waals surface area contributed by atoms with Crippen LogP contribution in [-0.4, -0.2) is 28.0 Å². The number of hydrogen-bond acceptors (Lipinski definition) is 2. The fourth-order valence-electron chi connectivity index (χ4n) is 2.85. The summed E-state index contributed by atoms with van der Waals surface area (Å²) in [5, 5.41) is 3.34. The van der Waals surface area contributed by atoms with Gasteiger partial charge in [-0.3, -0.25) is 0 Å². The monoisotopic (exact) mass is 240 g/mol. The maximum absolute atomic E-state index is 12.0. The first kappa shape index (κ1) is 12.2. The second kappa shape index (κ2) is 4.22. The molecule has 0 amide bonds. The lowest BCUT2D eigenvalue weighted by molar-refractivity contribution is 0.0544. The Kier molecular flexibility index (Phi) is 3.23. The highest BCUT2D eigenvalue weighted by molar-refractivity contribution is 6.43. The van der Waals surface area contributed by atoms with Crippen LogP contribution in [0.5, 0.6) is 0 Å². The zero-order valence-electron chi connectivity index (χ0n) is 10.7. The predicted molar refractivity (Wildman–Crippen MR) is 66.8 cm³/mol. The van der Waals surface area contributed by atoms with Crippen LogP contribution < -0.4 is 10.3 Å². The summed E-state index contributed by atoms with van der Waals surface area (Å²) in [5.41, 5.74) is 0.586. The van der Waals surface area contributed by atoms with Gasteiger partial charge in [-0.05, 0) is 44.2 Å². The van der Waals surface area contributed by atoms with Crippen LogP contribution in [0.3, 0.4) is 0 Å². The average molecular weight is 240 g/mol. The molecule has 3 nitrogen and oxygen atoms in total. The van der Waals surface area contributed by atoms with E-state index < -0.39 is 8.84 Å². The summed E-state index contributed by atoms with van der Waals surface area (Å²) in [5.74, 6) is 0. The molecule has 2 aliphatic rings. The normalized spacial score (nSPS) is 25.2. The summed E-state index contributed by atoms with van der Waals surface area (Å²) in [7, 11) is -1.64. The van der Waals surface area contributed by atoms with E-state index in [4.69, 9.17) is 0 Å². The number of hydrogen-bond donors (Lipinski definition) is 2. The van der Waals surface area contributed by atoms with Gasteiger partial charge in [0.05, 0.1) is 0 Å². The van der Waals surface area contributed by atoms with Gasteiger partial charge in [0.2, 0.25) is 0 Å².